The van der Waals surface area contributed by atoms with Crippen LogP contribution in [0.15, 0.2) is 24.3 Å². The fraction of sp³-hybridized carbons (Fsp3) is 0.500. The van der Waals surface area contributed by atoms with Crippen LogP contribution in [-0.2, 0) is 11.2 Å². The number of hydrogen-bond donors (Lipinski definition) is 1. The van der Waals surface area contributed by atoms with Crippen molar-refractivity contribution in [2.45, 2.75) is 25.8 Å². The Bertz CT molecular complexity index is 422. The minimum Gasteiger partial charge on any atom is -0.340 e. The van der Waals surface area contributed by atoms with E-state index in [0.717, 1.165) is 37.5 Å². The molecule has 1 unspecified atom stereocenters. The highest BCUT2D eigenvalue weighted by molar-refractivity contribution is 6.31. The number of carbonyl (C=O) groups is 1. The standard InChI is InChI=1S/C14H19ClN2O/c1-11(18)17-9-8-16-13(10-17)7-6-12-4-2-3-5-14(12)15/h2-5,13,16H,6-10H2,1H3. The summed E-state index contributed by atoms with van der Waals surface area (Å²) in [5.41, 5.74) is 1.18. The second kappa shape index (κ2) is 6.21. The van der Waals surface area contributed by atoms with Gasteiger partial charge in [-0.15, -0.1) is 0 Å². The van der Waals surface area contributed by atoms with Crippen molar-refractivity contribution in [1.82, 2.24) is 10.2 Å². The zero-order valence-corrected chi connectivity index (χ0v) is 11.4. The molecule has 1 aliphatic heterocycles. The minimum absolute atomic E-state index is 0.166. The van der Waals surface area contributed by atoms with Crippen molar-refractivity contribution in [1.29, 1.82) is 0 Å². The van der Waals surface area contributed by atoms with Gasteiger partial charge in [-0.05, 0) is 24.5 Å². The number of benzene rings is 1. The highest BCUT2D eigenvalue weighted by atomic mass is 35.5. The molecule has 1 atom stereocenters. The molecule has 1 N–H and O–H groups in total. The number of rotatable bonds is 3. The molecule has 0 spiro atoms. The molecule has 1 fully saturated rings. The molecule has 1 aromatic rings. The first-order valence-corrected chi connectivity index (χ1v) is 6.77. The third-order valence-corrected chi connectivity index (χ3v) is 3.79. The van der Waals surface area contributed by atoms with Gasteiger partial charge in [0.15, 0.2) is 0 Å². The lowest BCUT2D eigenvalue weighted by Crippen LogP contribution is -2.52. The van der Waals surface area contributed by atoms with Gasteiger partial charge in [0.25, 0.3) is 0 Å². The molecule has 2 rings (SSSR count). The number of aryl methyl sites for hydroxylation is 1. The third-order valence-electron chi connectivity index (χ3n) is 3.42. The summed E-state index contributed by atoms with van der Waals surface area (Å²) in [6.07, 6.45) is 1.95. The number of amides is 1. The Morgan fingerprint density at radius 3 is 3.00 bits per heavy atom. The van der Waals surface area contributed by atoms with Crippen molar-refractivity contribution in [3.8, 4) is 0 Å². The molecule has 1 heterocycles. The van der Waals surface area contributed by atoms with E-state index < -0.39 is 0 Å². The van der Waals surface area contributed by atoms with Crippen LogP contribution in [0.3, 0.4) is 0 Å². The Morgan fingerprint density at radius 2 is 2.28 bits per heavy atom. The second-order valence-corrected chi connectivity index (χ2v) is 5.15. The summed E-state index contributed by atoms with van der Waals surface area (Å²) in [6.45, 7) is 4.14. The van der Waals surface area contributed by atoms with Crippen LogP contribution >= 0.6 is 11.6 Å². The van der Waals surface area contributed by atoms with Crippen molar-refractivity contribution in [2.24, 2.45) is 0 Å². The summed E-state index contributed by atoms with van der Waals surface area (Å²) in [7, 11) is 0. The van der Waals surface area contributed by atoms with Crippen LogP contribution < -0.4 is 5.32 Å². The Kier molecular flexibility index (Phi) is 4.61. The maximum atomic E-state index is 11.3. The predicted molar refractivity (Wildman–Crippen MR) is 73.8 cm³/mol. The van der Waals surface area contributed by atoms with Crippen LogP contribution in [0.2, 0.25) is 5.02 Å². The zero-order chi connectivity index (χ0) is 13.0. The highest BCUT2D eigenvalue weighted by Gasteiger charge is 2.20. The van der Waals surface area contributed by atoms with Gasteiger partial charge in [0.1, 0.15) is 0 Å². The zero-order valence-electron chi connectivity index (χ0n) is 10.7. The number of halogens is 1. The van der Waals surface area contributed by atoms with E-state index in [1.54, 1.807) is 6.92 Å². The smallest absolute Gasteiger partial charge is 0.219 e. The largest absolute Gasteiger partial charge is 0.340 e. The van der Waals surface area contributed by atoms with Gasteiger partial charge in [-0.1, -0.05) is 29.8 Å². The summed E-state index contributed by atoms with van der Waals surface area (Å²) in [5.74, 6) is 0.166. The van der Waals surface area contributed by atoms with E-state index in [1.807, 2.05) is 23.1 Å². The molecule has 0 aliphatic carbocycles. The molecular weight excluding hydrogens is 248 g/mol. The van der Waals surface area contributed by atoms with E-state index >= 15 is 0 Å². The minimum atomic E-state index is 0.166. The number of hydrogen-bond acceptors (Lipinski definition) is 2. The van der Waals surface area contributed by atoms with E-state index in [0.29, 0.717) is 6.04 Å². The average Bonchev–Trinajstić information content (AvgIpc) is 2.38. The van der Waals surface area contributed by atoms with Crippen molar-refractivity contribution >= 4 is 17.5 Å². The SMILES string of the molecule is CC(=O)N1CCNC(CCc2ccccc2Cl)C1. The van der Waals surface area contributed by atoms with E-state index in [4.69, 9.17) is 11.6 Å². The summed E-state index contributed by atoms with van der Waals surface area (Å²) >= 11 is 6.14. The quantitative estimate of drug-likeness (QED) is 0.909. The van der Waals surface area contributed by atoms with Crippen LogP contribution in [0.25, 0.3) is 0 Å². The molecule has 1 saturated heterocycles. The van der Waals surface area contributed by atoms with Crippen LogP contribution in [0, 0.1) is 0 Å². The Morgan fingerprint density at radius 1 is 1.50 bits per heavy atom. The molecule has 1 aromatic carbocycles. The average molecular weight is 267 g/mol. The Balaban J connectivity index is 1.87. The second-order valence-electron chi connectivity index (χ2n) is 4.75. The van der Waals surface area contributed by atoms with Gasteiger partial charge >= 0.3 is 0 Å². The summed E-state index contributed by atoms with van der Waals surface area (Å²) in [5, 5.41) is 4.29. The van der Waals surface area contributed by atoms with E-state index in [-0.39, 0.29) is 5.91 Å². The molecule has 0 saturated carbocycles. The van der Waals surface area contributed by atoms with Crippen LogP contribution in [0.5, 0.6) is 0 Å². The van der Waals surface area contributed by atoms with Gasteiger partial charge < -0.3 is 10.2 Å². The number of piperazine rings is 1. The maximum absolute atomic E-state index is 11.3. The summed E-state index contributed by atoms with van der Waals surface area (Å²) in [6, 6.07) is 8.32. The molecule has 0 bridgehead atoms. The maximum Gasteiger partial charge on any atom is 0.219 e. The van der Waals surface area contributed by atoms with E-state index in [9.17, 15) is 4.79 Å². The molecule has 98 valence electrons. The van der Waals surface area contributed by atoms with Gasteiger partial charge in [-0.25, -0.2) is 0 Å². The number of carbonyl (C=O) groups excluding carboxylic acids is 1. The van der Waals surface area contributed by atoms with Crippen LogP contribution in [-0.4, -0.2) is 36.5 Å². The molecular formula is C14H19ClN2O. The molecule has 4 heteroatoms. The normalized spacial score (nSPS) is 19.9. The molecule has 3 nitrogen and oxygen atoms in total. The topological polar surface area (TPSA) is 32.3 Å². The van der Waals surface area contributed by atoms with Crippen molar-refractivity contribution in [3.05, 3.63) is 34.9 Å². The fourth-order valence-corrected chi connectivity index (χ4v) is 2.57. The van der Waals surface area contributed by atoms with Gasteiger partial charge in [-0.2, -0.15) is 0 Å². The van der Waals surface area contributed by atoms with Crippen molar-refractivity contribution < 1.29 is 4.79 Å². The fourth-order valence-electron chi connectivity index (χ4n) is 2.34. The first-order valence-electron chi connectivity index (χ1n) is 6.39. The first kappa shape index (κ1) is 13.4. The number of nitrogens with one attached hydrogen (secondary N) is 1. The first-order chi connectivity index (χ1) is 8.66. The number of nitrogens with zero attached hydrogens (tertiary/aromatic N) is 1. The summed E-state index contributed by atoms with van der Waals surface area (Å²) < 4.78 is 0. The molecule has 1 amide bonds. The van der Waals surface area contributed by atoms with Gasteiger partial charge in [0, 0.05) is 37.6 Å². The lowest BCUT2D eigenvalue weighted by atomic mass is 10.0. The van der Waals surface area contributed by atoms with E-state index in [1.165, 1.54) is 5.56 Å². The van der Waals surface area contributed by atoms with Gasteiger partial charge in [-0.3, -0.25) is 4.79 Å². The highest BCUT2D eigenvalue weighted by Crippen LogP contribution is 2.17. The monoisotopic (exact) mass is 266 g/mol. The predicted octanol–water partition coefficient (Wildman–Crippen LogP) is 2.09. The van der Waals surface area contributed by atoms with E-state index in [2.05, 4.69) is 11.4 Å². The van der Waals surface area contributed by atoms with Crippen LogP contribution in [0.4, 0.5) is 0 Å². The molecule has 18 heavy (non-hydrogen) atoms. The van der Waals surface area contributed by atoms with Gasteiger partial charge in [0.2, 0.25) is 5.91 Å². The van der Waals surface area contributed by atoms with Crippen molar-refractivity contribution in [3.63, 3.8) is 0 Å². The third kappa shape index (κ3) is 3.47. The molecule has 0 aromatic heterocycles. The molecule has 1 aliphatic rings. The Hall–Kier alpha value is -1.06. The Labute approximate surface area is 113 Å². The lowest BCUT2D eigenvalue weighted by Gasteiger charge is -2.33. The summed E-state index contributed by atoms with van der Waals surface area (Å²) in [4.78, 5) is 13.3. The van der Waals surface area contributed by atoms with Gasteiger partial charge in [0.05, 0.1) is 0 Å². The lowest BCUT2D eigenvalue weighted by molar-refractivity contribution is -0.130. The van der Waals surface area contributed by atoms with Crippen molar-refractivity contribution in [2.75, 3.05) is 19.6 Å². The molecule has 0 radical (unpaired) electrons. The van der Waals surface area contributed by atoms with Crippen LogP contribution in [0.1, 0.15) is 18.9 Å².